The molecule has 7 heteroatoms. The normalized spacial score (nSPS) is 10.4. The fourth-order valence-corrected chi connectivity index (χ4v) is 1.96. The van der Waals surface area contributed by atoms with Crippen molar-refractivity contribution in [3.63, 3.8) is 0 Å². The Bertz CT molecular complexity index is 728. The maximum atomic E-state index is 11.1. The average Bonchev–Trinajstić information content (AvgIpc) is 2.46. The molecule has 0 unspecified atom stereocenters. The molecule has 0 amide bonds. The summed E-state index contributed by atoms with van der Waals surface area (Å²) in [5, 5.41) is 19.9. The highest BCUT2D eigenvalue weighted by Crippen LogP contribution is 2.25. The lowest BCUT2D eigenvalue weighted by Crippen LogP contribution is -2.07. The Hall–Kier alpha value is -2.83. The van der Waals surface area contributed by atoms with E-state index in [0.29, 0.717) is 17.7 Å². The molecule has 0 saturated heterocycles. The molecule has 1 aromatic carbocycles. The van der Waals surface area contributed by atoms with Gasteiger partial charge in [0.2, 0.25) is 0 Å². The summed E-state index contributed by atoms with van der Waals surface area (Å²) in [7, 11) is 0. The van der Waals surface area contributed by atoms with Crippen LogP contribution in [-0.4, -0.2) is 26.0 Å². The molecule has 0 saturated carbocycles. The highest BCUT2D eigenvalue weighted by Gasteiger charge is 2.16. The fraction of sp³-hybridized carbons (Fsp3) is 0.214. The van der Waals surface area contributed by atoms with Crippen LogP contribution in [0.3, 0.4) is 0 Å². The molecule has 108 valence electrons. The van der Waals surface area contributed by atoms with E-state index in [1.54, 1.807) is 19.9 Å². The van der Waals surface area contributed by atoms with Gasteiger partial charge in [0.25, 0.3) is 5.69 Å². The Balaban J connectivity index is 2.59. The summed E-state index contributed by atoms with van der Waals surface area (Å²) in [5.74, 6) is -0.799. The van der Waals surface area contributed by atoms with Gasteiger partial charge in [-0.2, -0.15) is 0 Å². The van der Waals surface area contributed by atoms with Crippen molar-refractivity contribution in [2.75, 3.05) is 0 Å². The zero-order valence-corrected chi connectivity index (χ0v) is 11.5. The van der Waals surface area contributed by atoms with Gasteiger partial charge in [-0.05, 0) is 18.9 Å². The van der Waals surface area contributed by atoms with E-state index in [0.717, 1.165) is 5.56 Å². The first-order chi connectivity index (χ1) is 9.93. The second-order valence-corrected chi connectivity index (χ2v) is 4.47. The summed E-state index contributed by atoms with van der Waals surface area (Å²) in [6.45, 7) is 3.58. The second kappa shape index (κ2) is 5.66. The number of hydrogen-bond acceptors (Lipinski definition) is 5. The number of carboxylic acids is 1. The molecule has 0 aliphatic carbocycles. The van der Waals surface area contributed by atoms with Crippen LogP contribution in [0, 0.1) is 17.0 Å². The predicted molar refractivity (Wildman–Crippen MR) is 75.2 cm³/mol. The quantitative estimate of drug-likeness (QED) is 0.684. The molecule has 2 aromatic rings. The first-order valence-electron chi connectivity index (χ1n) is 6.28. The molecule has 0 spiro atoms. The van der Waals surface area contributed by atoms with Crippen molar-refractivity contribution in [1.82, 2.24) is 9.97 Å². The minimum Gasteiger partial charge on any atom is -0.478 e. The van der Waals surface area contributed by atoms with Crippen LogP contribution in [0.2, 0.25) is 0 Å². The van der Waals surface area contributed by atoms with Crippen molar-refractivity contribution in [1.29, 1.82) is 0 Å². The third-order valence-electron chi connectivity index (χ3n) is 3.11. The third-order valence-corrected chi connectivity index (χ3v) is 3.11. The van der Waals surface area contributed by atoms with Gasteiger partial charge in [0.1, 0.15) is 0 Å². The molecule has 1 heterocycles. The number of rotatable bonds is 4. The lowest BCUT2D eigenvalue weighted by Gasteiger charge is -2.08. The first kappa shape index (κ1) is 14.6. The van der Waals surface area contributed by atoms with Crippen LogP contribution < -0.4 is 0 Å². The summed E-state index contributed by atoms with van der Waals surface area (Å²) in [4.78, 5) is 29.7. The highest BCUT2D eigenvalue weighted by atomic mass is 16.6. The first-order valence-corrected chi connectivity index (χ1v) is 6.28. The molecule has 7 nitrogen and oxygen atoms in total. The fourth-order valence-electron chi connectivity index (χ4n) is 1.96. The monoisotopic (exact) mass is 287 g/mol. The summed E-state index contributed by atoms with van der Waals surface area (Å²) >= 11 is 0. The molecule has 1 aromatic heterocycles. The summed E-state index contributed by atoms with van der Waals surface area (Å²) < 4.78 is 0. The molecule has 0 bridgehead atoms. The van der Waals surface area contributed by atoms with Gasteiger partial charge in [0.05, 0.1) is 16.2 Å². The lowest BCUT2D eigenvalue weighted by atomic mass is 10.1. The van der Waals surface area contributed by atoms with Crippen LogP contribution in [0.1, 0.15) is 28.5 Å². The van der Waals surface area contributed by atoms with Crippen LogP contribution in [0.4, 0.5) is 5.69 Å². The van der Waals surface area contributed by atoms with Crippen molar-refractivity contribution in [3.05, 3.63) is 51.3 Å². The third kappa shape index (κ3) is 2.86. The number of non-ortho nitro benzene ring substituents is 1. The van der Waals surface area contributed by atoms with Gasteiger partial charge in [0, 0.05) is 23.9 Å². The van der Waals surface area contributed by atoms with Gasteiger partial charge in [-0.3, -0.25) is 10.1 Å². The second-order valence-electron chi connectivity index (χ2n) is 4.47. The molecule has 0 aliphatic rings. The number of nitro groups is 1. The van der Waals surface area contributed by atoms with Gasteiger partial charge in [-0.25, -0.2) is 14.8 Å². The Morgan fingerprint density at radius 2 is 2.14 bits per heavy atom. The van der Waals surface area contributed by atoms with Gasteiger partial charge in [-0.1, -0.05) is 13.0 Å². The largest absolute Gasteiger partial charge is 0.478 e. The van der Waals surface area contributed by atoms with E-state index in [2.05, 4.69) is 9.97 Å². The van der Waals surface area contributed by atoms with Crippen molar-refractivity contribution in [3.8, 4) is 11.4 Å². The number of hydrogen-bond donors (Lipinski definition) is 1. The number of carboxylic acid groups (broad SMARTS) is 1. The predicted octanol–water partition coefficient (Wildman–Crippen LogP) is 2.62. The minimum absolute atomic E-state index is 0.0457. The van der Waals surface area contributed by atoms with Crippen LogP contribution in [-0.2, 0) is 6.42 Å². The minimum atomic E-state index is -1.09. The van der Waals surface area contributed by atoms with E-state index in [1.807, 2.05) is 0 Å². The van der Waals surface area contributed by atoms with E-state index in [1.165, 1.54) is 18.3 Å². The van der Waals surface area contributed by atoms with Crippen LogP contribution in [0.5, 0.6) is 0 Å². The zero-order chi connectivity index (χ0) is 15.6. The van der Waals surface area contributed by atoms with Gasteiger partial charge < -0.3 is 5.11 Å². The Morgan fingerprint density at radius 1 is 1.43 bits per heavy atom. The van der Waals surface area contributed by atoms with Crippen molar-refractivity contribution >= 4 is 11.7 Å². The van der Waals surface area contributed by atoms with Crippen molar-refractivity contribution in [2.24, 2.45) is 0 Å². The maximum absolute atomic E-state index is 11.1. The molecule has 0 fully saturated rings. The number of aromatic carboxylic acids is 1. The number of nitro benzene ring substituents is 1. The van der Waals surface area contributed by atoms with Crippen LogP contribution >= 0.6 is 0 Å². The Morgan fingerprint density at radius 3 is 2.71 bits per heavy atom. The smallest absolute Gasteiger partial charge is 0.339 e. The van der Waals surface area contributed by atoms with Crippen molar-refractivity contribution in [2.45, 2.75) is 20.3 Å². The molecular weight excluding hydrogens is 274 g/mol. The van der Waals surface area contributed by atoms with Gasteiger partial charge in [-0.15, -0.1) is 0 Å². The topological polar surface area (TPSA) is 106 Å². The summed E-state index contributed by atoms with van der Waals surface area (Å²) in [6.07, 6.45) is 1.67. The molecule has 0 aliphatic heterocycles. The maximum Gasteiger partial charge on any atom is 0.339 e. The Labute approximate surface area is 120 Å². The number of benzene rings is 1. The molecule has 0 atom stereocenters. The molecule has 1 N–H and O–H groups in total. The molecule has 0 radical (unpaired) electrons. The van der Waals surface area contributed by atoms with E-state index in [9.17, 15) is 14.9 Å². The molecular formula is C14H13N3O4. The van der Waals surface area contributed by atoms with Gasteiger partial charge >= 0.3 is 5.97 Å². The average molecular weight is 287 g/mol. The number of aromatic nitrogens is 2. The number of carbonyl (C=O) groups is 1. The highest BCUT2D eigenvalue weighted by molar-refractivity contribution is 5.88. The van der Waals surface area contributed by atoms with E-state index < -0.39 is 10.9 Å². The van der Waals surface area contributed by atoms with Crippen LogP contribution in [0.15, 0.2) is 24.4 Å². The SMILES string of the molecule is CCc1nc(-c2cc([N+](=O)[O-])ccc2C)ncc1C(=O)O. The number of aryl methyl sites for hydroxylation is 2. The van der Waals surface area contributed by atoms with Gasteiger partial charge in [0.15, 0.2) is 5.82 Å². The molecule has 2 rings (SSSR count). The van der Waals surface area contributed by atoms with Crippen LogP contribution in [0.25, 0.3) is 11.4 Å². The summed E-state index contributed by atoms with van der Waals surface area (Å²) in [5.41, 5.74) is 1.70. The Kier molecular flexibility index (Phi) is 3.93. The zero-order valence-electron chi connectivity index (χ0n) is 11.5. The number of nitrogens with zero attached hydrogens (tertiary/aromatic N) is 3. The lowest BCUT2D eigenvalue weighted by molar-refractivity contribution is -0.384. The van der Waals surface area contributed by atoms with E-state index in [-0.39, 0.29) is 17.1 Å². The van der Waals surface area contributed by atoms with E-state index in [4.69, 9.17) is 5.11 Å². The summed E-state index contributed by atoms with van der Waals surface area (Å²) in [6, 6.07) is 4.42. The van der Waals surface area contributed by atoms with E-state index >= 15 is 0 Å². The standard InChI is InChI=1S/C14H13N3O4/c1-3-12-11(14(18)19)7-15-13(16-12)10-6-9(17(20)21)5-4-8(10)2/h4-7H,3H2,1-2H3,(H,18,19). The van der Waals surface area contributed by atoms with Crippen molar-refractivity contribution < 1.29 is 14.8 Å². The molecule has 21 heavy (non-hydrogen) atoms.